The van der Waals surface area contributed by atoms with Gasteiger partial charge in [0, 0.05) is 12.1 Å². The Morgan fingerprint density at radius 3 is 1.84 bits per heavy atom. The van der Waals surface area contributed by atoms with Gasteiger partial charge in [0.2, 0.25) is 0 Å². The van der Waals surface area contributed by atoms with Crippen molar-refractivity contribution in [3.05, 3.63) is 67.8 Å². The molecule has 0 radical (unpaired) electrons. The number of aryl methyl sites for hydroxylation is 1. The first kappa shape index (κ1) is 19.1. The molecule has 0 aliphatic carbocycles. The predicted octanol–water partition coefficient (Wildman–Crippen LogP) is 5.63. The summed E-state index contributed by atoms with van der Waals surface area (Å²) in [6, 6.07) is 6.65. The van der Waals surface area contributed by atoms with Gasteiger partial charge in [-0.15, -0.1) is 0 Å². The second kappa shape index (κ2) is 7.31. The van der Waals surface area contributed by atoms with Gasteiger partial charge in [-0.3, -0.25) is 20.2 Å². The molecule has 0 aliphatic heterocycles. The van der Waals surface area contributed by atoms with Gasteiger partial charge in [0.25, 0.3) is 11.4 Å². The summed E-state index contributed by atoms with van der Waals surface area (Å²) < 4.78 is 38.1. The molecule has 0 amide bonds. The van der Waals surface area contributed by atoms with Crippen LogP contribution in [-0.2, 0) is 6.18 Å². The summed E-state index contributed by atoms with van der Waals surface area (Å²) in [6.07, 6.45) is -4.70. The summed E-state index contributed by atoms with van der Waals surface area (Å²) in [5.41, 5.74) is -1.34. The zero-order valence-corrected chi connectivity index (χ0v) is 14.1. The molecule has 0 heterocycles. The van der Waals surface area contributed by atoms with Gasteiger partial charge in [-0.25, -0.2) is 0 Å². The minimum Gasteiger partial charge on any atom is -0.258 e. The zero-order valence-electron chi connectivity index (χ0n) is 12.4. The van der Waals surface area contributed by atoms with Gasteiger partial charge in [0.15, 0.2) is 0 Å². The van der Waals surface area contributed by atoms with Crippen molar-refractivity contribution in [2.24, 2.45) is 0 Å². The van der Waals surface area contributed by atoms with Gasteiger partial charge in [-0.05, 0) is 52.3 Å². The predicted molar refractivity (Wildman–Crippen MR) is 87.6 cm³/mol. The van der Waals surface area contributed by atoms with Crippen molar-refractivity contribution in [1.82, 2.24) is 0 Å². The number of rotatable bonds is 5. The van der Waals surface area contributed by atoms with E-state index < -0.39 is 27.3 Å². The number of nitro groups is 2. The smallest absolute Gasteiger partial charge is 0.258 e. The molecule has 0 unspecified atom stereocenters. The maximum atomic E-state index is 12.7. The summed E-state index contributed by atoms with van der Waals surface area (Å²) in [5, 5.41) is 22.1. The fraction of sp³-hybridized carbons (Fsp3) is 0.143. The highest BCUT2D eigenvalue weighted by molar-refractivity contribution is 8.76. The largest absolute Gasteiger partial charge is 0.416 e. The number of halogens is 3. The highest BCUT2D eigenvalue weighted by Crippen LogP contribution is 2.46. The Kier molecular flexibility index (Phi) is 5.58. The average molecular weight is 390 g/mol. The Bertz CT molecular complexity index is 843. The van der Waals surface area contributed by atoms with E-state index in [2.05, 4.69) is 0 Å². The molecule has 0 spiro atoms. The zero-order chi connectivity index (χ0) is 18.8. The maximum absolute atomic E-state index is 12.7. The monoisotopic (exact) mass is 390 g/mol. The summed E-state index contributed by atoms with van der Waals surface area (Å²) in [6.45, 7) is 1.68. The molecule has 2 rings (SSSR count). The Morgan fingerprint density at radius 1 is 0.880 bits per heavy atom. The minimum atomic E-state index is -4.70. The topological polar surface area (TPSA) is 86.3 Å². The van der Waals surface area contributed by atoms with E-state index in [1.54, 1.807) is 13.0 Å². The molecule has 0 saturated heterocycles. The van der Waals surface area contributed by atoms with Crippen LogP contribution in [0.15, 0.2) is 46.2 Å². The number of nitrogens with zero attached hydrogens (tertiary/aromatic N) is 2. The van der Waals surface area contributed by atoms with E-state index in [1.165, 1.54) is 12.1 Å². The van der Waals surface area contributed by atoms with Crippen molar-refractivity contribution < 1.29 is 23.0 Å². The third-order valence-electron chi connectivity index (χ3n) is 3.02. The van der Waals surface area contributed by atoms with Crippen LogP contribution in [0, 0.1) is 27.2 Å². The standard InChI is InChI=1S/C14H9F3N2O4S2/c1-8-2-4-12(10(6-8)18(20)21)24-25-13-5-3-9(14(15,16)17)7-11(13)19(22)23/h2-7H,1H3. The van der Waals surface area contributed by atoms with Gasteiger partial charge in [0.1, 0.15) is 0 Å². The van der Waals surface area contributed by atoms with E-state index in [9.17, 15) is 33.4 Å². The Labute approximate surface area is 147 Å². The minimum absolute atomic E-state index is 0.0297. The second-order valence-electron chi connectivity index (χ2n) is 4.83. The molecule has 0 bridgehead atoms. The lowest BCUT2D eigenvalue weighted by molar-refractivity contribution is -0.388. The summed E-state index contributed by atoms with van der Waals surface area (Å²) in [7, 11) is 1.66. The van der Waals surface area contributed by atoms with E-state index in [-0.39, 0.29) is 15.5 Å². The summed E-state index contributed by atoms with van der Waals surface area (Å²) in [5.74, 6) is 0. The van der Waals surface area contributed by atoms with Gasteiger partial charge >= 0.3 is 6.18 Å². The molecule has 132 valence electrons. The number of alkyl halides is 3. The van der Waals surface area contributed by atoms with Crippen LogP contribution in [0.1, 0.15) is 11.1 Å². The number of hydrogen-bond acceptors (Lipinski definition) is 6. The van der Waals surface area contributed by atoms with E-state index in [1.807, 2.05) is 0 Å². The maximum Gasteiger partial charge on any atom is 0.416 e. The van der Waals surface area contributed by atoms with Crippen LogP contribution in [0.3, 0.4) is 0 Å². The number of benzene rings is 2. The van der Waals surface area contributed by atoms with Crippen LogP contribution >= 0.6 is 21.6 Å². The van der Waals surface area contributed by atoms with Crippen LogP contribution in [0.4, 0.5) is 24.5 Å². The molecule has 0 aliphatic rings. The molecule has 0 saturated carbocycles. The lowest BCUT2D eigenvalue weighted by atomic mass is 10.2. The highest BCUT2D eigenvalue weighted by Gasteiger charge is 2.33. The lowest BCUT2D eigenvalue weighted by Gasteiger charge is -2.08. The molecule has 6 nitrogen and oxygen atoms in total. The molecule has 2 aromatic rings. The molecule has 2 aromatic carbocycles. The third-order valence-corrected chi connectivity index (χ3v) is 5.48. The lowest BCUT2D eigenvalue weighted by Crippen LogP contribution is -2.05. The molecular formula is C14H9F3N2O4S2. The normalized spacial score (nSPS) is 11.4. The van der Waals surface area contributed by atoms with Crippen molar-refractivity contribution in [1.29, 1.82) is 0 Å². The van der Waals surface area contributed by atoms with Gasteiger partial charge in [-0.2, -0.15) is 13.2 Å². The molecule has 0 aromatic heterocycles. The average Bonchev–Trinajstić information content (AvgIpc) is 2.52. The van der Waals surface area contributed by atoms with E-state index in [0.29, 0.717) is 11.6 Å². The molecule has 0 atom stereocenters. The number of hydrogen-bond donors (Lipinski definition) is 0. The first-order valence-corrected chi connectivity index (χ1v) is 8.70. The molecular weight excluding hydrogens is 381 g/mol. The van der Waals surface area contributed by atoms with Crippen LogP contribution in [-0.4, -0.2) is 9.85 Å². The fourth-order valence-electron chi connectivity index (χ4n) is 1.84. The molecule has 25 heavy (non-hydrogen) atoms. The van der Waals surface area contributed by atoms with E-state index in [4.69, 9.17) is 0 Å². The van der Waals surface area contributed by atoms with E-state index in [0.717, 1.165) is 33.7 Å². The highest BCUT2D eigenvalue weighted by atomic mass is 33.1. The van der Waals surface area contributed by atoms with Crippen LogP contribution in [0.5, 0.6) is 0 Å². The van der Waals surface area contributed by atoms with Gasteiger partial charge in [0.05, 0.1) is 25.2 Å². The molecule has 0 fully saturated rings. The van der Waals surface area contributed by atoms with Crippen LogP contribution in [0.2, 0.25) is 0 Å². The SMILES string of the molecule is Cc1ccc(SSc2ccc(C(F)(F)F)cc2[N+](=O)[O-])c([N+](=O)[O-])c1. The number of nitro benzene ring substituents is 2. The van der Waals surface area contributed by atoms with Gasteiger partial charge < -0.3 is 0 Å². The van der Waals surface area contributed by atoms with Crippen LogP contribution < -0.4 is 0 Å². The van der Waals surface area contributed by atoms with Crippen molar-refractivity contribution >= 4 is 33.0 Å². The second-order valence-corrected chi connectivity index (χ2v) is 7.05. The van der Waals surface area contributed by atoms with Crippen molar-refractivity contribution in [3.8, 4) is 0 Å². The molecule has 11 heteroatoms. The first-order chi connectivity index (χ1) is 11.6. The van der Waals surface area contributed by atoms with Crippen LogP contribution in [0.25, 0.3) is 0 Å². The van der Waals surface area contributed by atoms with Crippen molar-refractivity contribution in [2.75, 3.05) is 0 Å². The molecule has 0 N–H and O–H groups in total. The van der Waals surface area contributed by atoms with Crippen molar-refractivity contribution in [2.45, 2.75) is 22.9 Å². The third kappa shape index (κ3) is 4.63. The fourth-order valence-corrected chi connectivity index (χ4v) is 4.09. The van der Waals surface area contributed by atoms with Crippen molar-refractivity contribution in [3.63, 3.8) is 0 Å². The van der Waals surface area contributed by atoms with Gasteiger partial charge in [-0.1, -0.05) is 6.07 Å². The Morgan fingerprint density at radius 2 is 1.36 bits per heavy atom. The van der Waals surface area contributed by atoms with E-state index >= 15 is 0 Å². The Hall–Kier alpha value is -2.27. The first-order valence-electron chi connectivity index (χ1n) is 6.55. The summed E-state index contributed by atoms with van der Waals surface area (Å²) in [4.78, 5) is 20.8. The quantitative estimate of drug-likeness (QED) is 0.374. The summed E-state index contributed by atoms with van der Waals surface area (Å²) >= 11 is 0. The Balaban J connectivity index is 2.33.